The second-order valence-corrected chi connectivity index (χ2v) is 10.2. The monoisotopic (exact) mass is 406 g/mol. The summed E-state index contributed by atoms with van der Waals surface area (Å²) in [7, 11) is -3.04. The minimum atomic E-state index is -3.04. The van der Waals surface area contributed by atoms with E-state index in [4.69, 9.17) is 16.6 Å². The summed E-state index contributed by atoms with van der Waals surface area (Å²) in [6.45, 7) is 2.10. The number of rotatable bonds is 3. The van der Waals surface area contributed by atoms with Crippen LogP contribution in [0.15, 0.2) is 53.5 Å². The molecule has 0 unspecified atom stereocenters. The molecule has 0 amide bonds. The molecular formula is C19H19ClN2O2S2. The van der Waals surface area contributed by atoms with E-state index in [0.29, 0.717) is 5.02 Å². The molecule has 4 rings (SSSR count). The predicted octanol–water partition coefficient (Wildman–Crippen LogP) is 3.92. The molecule has 1 fully saturated rings. The molecule has 26 heavy (non-hydrogen) atoms. The minimum absolute atomic E-state index is 0.128. The zero-order chi connectivity index (χ0) is 18.3. The molecule has 1 saturated heterocycles. The van der Waals surface area contributed by atoms with Crippen LogP contribution in [0.25, 0.3) is 0 Å². The van der Waals surface area contributed by atoms with Crippen LogP contribution < -0.4 is 4.90 Å². The Morgan fingerprint density at radius 2 is 2.00 bits per heavy atom. The maximum absolute atomic E-state index is 12.1. The van der Waals surface area contributed by atoms with Gasteiger partial charge in [-0.25, -0.2) is 8.42 Å². The van der Waals surface area contributed by atoms with Gasteiger partial charge in [0, 0.05) is 16.5 Å². The van der Waals surface area contributed by atoms with E-state index < -0.39 is 9.84 Å². The first-order valence-corrected chi connectivity index (χ1v) is 11.6. The first kappa shape index (κ1) is 17.9. The van der Waals surface area contributed by atoms with Gasteiger partial charge in [0.2, 0.25) is 0 Å². The fourth-order valence-corrected chi connectivity index (χ4v) is 6.70. The van der Waals surface area contributed by atoms with Crippen LogP contribution in [0.3, 0.4) is 0 Å². The van der Waals surface area contributed by atoms with E-state index in [9.17, 15) is 8.42 Å². The number of hydrogen-bond acceptors (Lipinski definition) is 5. The maximum Gasteiger partial charge on any atom is 0.164 e. The Kier molecular flexibility index (Phi) is 4.75. The van der Waals surface area contributed by atoms with Crippen LogP contribution in [0, 0.1) is 6.92 Å². The third-order valence-electron chi connectivity index (χ3n) is 4.81. The van der Waals surface area contributed by atoms with E-state index in [1.54, 1.807) is 11.8 Å². The molecule has 0 bridgehead atoms. The summed E-state index contributed by atoms with van der Waals surface area (Å²) in [5.41, 5.74) is 3.41. The largest absolute Gasteiger partial charge is 0.315 e. The Morgan fingerprint density at radius 3 is 2.77 bits per heavy atom. The number of aryl methyl sites for hydroxylation is 1. The van der Waals surface area contributed by atoms with Gasteiger partial charge in [0.05, 0.1) is 23.6 Å². The summed E-state index contributed by atoms with van der Waals surface area (Å²) >= 11 is 7.83. The zero-order valence-electron chi connectivity index (χ0n) is 14.3. The van der Waals surface area contributed by atoms with Crippen molar-refractivity contribution in [2.45, 2.75) is 24.8 Å². The van der Waals surface area contributed by atoms with Gasteiger partial charge < -0.3 is 4.90 Å². The van der Waals surface area contributed by atoms with Gasteiger partial charge in [-0.05, 0) is 36.2 Å². The van der Waals surface area contributed by atoms with Crippen LogP contribution in [0.1, 0.15) is 11.1 Å². The number of hydrogen-bond donors (Lipinski definition) is 0. The van der Waals surface area contributed by atoms with E-state index in [2.05, 4.69) is 24.0 Å². The van der Waals surface area contributed by atoms with Crippen molar-refractivity contribution < 1.29 is 8.42 Å². The molecule has 2 aliphatic heterocycles. The lowest BCUT2D eigenvalue weighted by Crippen LogP contribution is -2.39. The Bertz CT molecular complexity index is 975. The van der Waals surface area contributed by atoms with E-state index in [0.717, 1.165) is 16.6 Å². The smallest absolute Gasteiger partial charge is 0.164 e. The molecule has 2 atom stereocenters. The first-order valence-electron chi connectivity index (χ1n) is 8.43. The van der Waals surface area contributed by atoms with Crippen LogP contribution in [-0.2, 0) is 15.6 Å². The number of benzene rings is 2. The highest BCUT2D eigenvalue weighted by Crippen LogP contribution is 2.36. The van der Waals surface area contributed by atoms with Crippen LogP contribution in [0.4, 0.5) is 5.69 Å². The second-order valence-electron chi connectivity index (χ2n) is 6.69. The number of sulfone groups is 1. The third kappa shape index (κ3) is 3.50. The quantitative estimate of drug-likeness (QED) is 0.775. The van der Waals surface area contributed by atoms with Gasteiger partial charge in [0.25, 0.3) is 0 Å². The van der Waals surface area contributed by atoms with Crippen molar-refractivity contribution >= 4 is 44.1 Å². The van der Waals surface area contributed by atoms with Gasteiger partial charge in [-0.15, -0.1) is 0 Å². The summed E-state index contributed by atoms with van der Waals surface area (Å²) < 4.78 is 24.2. The van der Waals surface area contributed by atoms with E-state index in [1.807, 2.05) is 36.4 Å². The normalized spacial score (nSPS) is 23.8. The number of fused-ring (bicyclic) bond motifs is 1. The standard InChI is InChI=1S/C19H19ClN2O2S2/c1-13-5-2-3-6-14(13)10-25-19-21-17-11-26(23,24)12-18(17)22(19)16-8-4-7-15(20)9-16/h2-9,17-18H,10-12H2,1H3/t17-,18+/m0/s1. The van der Waals surface area contributed by atoms with Crippen LogP contribution in [0.2, 0.25) is 5.02 Å². The number of nitrogens with zero attached hydrogens (tertiary/aromatic N) is 2. The summed E-state index contributed by atoms with van der Waals surface area (Å²) in [5.74, 6) is 1.07. The average molecular weight is 407 g/mol. The van der Waals surface area contributed by atoms with Gasteiger partial charge in [0.1, 0.15) is 0 Å². The fraction of sp³-hybridized carbons (Fsp3) is 0.316. The van der Waals surface area contributed by atoms with Crippen molar-refractivity contribution in [1.29, 1.82) is 0 Å². The summed E-state index contributed by atoms with van der Waals surface area (Å²) in [6.07, 6.45) is 0. The molecule has 4 nitrogen and oxygen atoms in total. The highest BCUT2D eigenvalue weighted by atomic mass is 35.5. The highest BCUT2D eigenvalue weighted by molar-refractivity contribution is 8.13. The van der Waals surface area contributed by atoms with Gasteiger partial charge >= 0.3 is 0 Å². The van der Waals surface area contributed by atoms with E-state index >= 15 is 0 Å². The molecule has 0 saturated carbocycles. The summed E-state index contributed by atoms with van der Waals surface area (Å²) in [6, 6.07) is 15.5. The number of halogens is 1. The van der Waals surface area contributed by atoms with E-state index in [-0.39, 0.29) is 23.6 Å². The lowest BCUT2D eigenvalue weighted by Gasteiger charge is -2.26. The zero-order valence-corrected chi connectivity index (χ0v) is 16.7. The van der Waals surface area contributed by atoms with Gasteiger partial charge in [0.15, 0.2) is 15.0 Å². The fourth-order valence-electron chi connectivity index (χ4n) is 3.48. The molecule has 0 spiro atoms. The highest BCUT2D eigenvalue weighted by Gasteiger charge is 2.47. The Labute approximate surface area is 163 Å². The number of aliphatic imine (C=N–C) groups is 1. The molecule has 136 valence electrons. The van der Waals surface area contributed by atoms with Gasteiger partial charge in [-0.3, -0.25) is 4.99 Å². The molecule has 0 aromatic heterocycles. The number of thioether (sulfide) groups is 1. The predicted molar refractivity (Wildman–Crippen MR) is 110 cm³/mol. The van der Waals surface area contributed by atoms with E-state index in [1.165, 1.54) is 11.1 Å². The summed E-state index contributed by atoms with van der Waals surface area (Å²) in [5, 5.41) is 1.51. The van der Waals surface area contributed by atoms with Gasteiger partial charge in [-0.2, -0.15) is 0 Å². The van der Waals surface area contributed by atoms with Crippen molar-refractivity contribution in [3.8, 4) is 0 Å². The topological polar surface area (TPSA) is 49.7 Å². The molecule has 7 heteroatoms. The Hall–Kier alpha value is -1.50. The molecule has 0 radical (unpaired) electrons. The summed E-state index contributed by atoms with van der Waals surface area (Å²) in [4.78, 5) is 6.82. The molecule has 2 aliphatic rings. The molecule has 2 aromatic rings. The molecule has 0 N–H and O–H groups in total. The van der Waals surface area contributed by atoms with Crippen LogP contribution >= 0.6 is 23.4 Å². The number of amidine groups is 1. The third-order valence-corrected chi connectivity index (χ3v) is 7.76. The molecular weight excluding hydrogens is 388 g/mol. The van der Waals surface area contributed by atoms with Crippen molar-refractivity contribution in [3.63, 3.8) is 0 Å². The van der Waals surface area contributed by atoms with Crippen molar-refractivity contribution in [1.82, 2.24) is 0 Å². The maximum atomic E-state index is 12.1. The minimum Gasteiger partial charge on any atom is -0.315 e. The van der Waals surface area contributed by atoms with Crippen LogP contribution in [0.5, 0.6) is 0 Å². The number of anilines is 1. The van der Waals surface area contributed by atoms with Crippen molar-refractivity contribution in [2.75, 3.05) is 16.4 Å². The lowest BCUT2D eigenvalue weighted by molar-refractivity contribution is 0.601. The SMILES string of the molecule is Cc1ccccc1CSC1=N[C@H]2CS(=O)(=O)C[C@H]2N1c1cccc(Cl)c1. The average Bonchev–Trinajstić information content (AvgIpc) is 3.05. The van der Waals surface area contributed by atoms with Gasteiger partial charge in [-0.1, -0.05) is 53.7 Å². The van der Waals surface area contributed by atoms with Crippen molar-refractivity contribution in [2.24, 2.45) is 4.99 Å². The van der Waals surface area contributed by atoms with Crippen LogP contribution in [-0.4, -0.2) is 37.2 Å². The molecule has 0 aliphatic carbocycles. The molecule has 2 heterocycles. The molecule has 2 aromatic carbocycles. The first-order chi connectivity index (χ1) is 12.4. The lowest BCUT2D eigenvalue weighted by atomic mass is 10.1. The Balaban J connectivity index is 1.64. The Morgan fingerprint density at radius 1 is 1.19 bits per heavy atom. The second kappa shape index (κ2) is 6.91. The van der Waals surface area contributed by atoms with Crippen molar-refractivity contribution in [3.05, 3.63) is 64.7 Å².